The second kappa shape index (κ2) is 11.5. The lowest BCUT2D eigenvalue weighted by Gasteiger charge is -2.13. The molecule has 0 saturated heterocycles. The lowest BCUT2D eigenvalue weighted by atomic mass is 10.1. The van der Waals surface area contributed by atoms with Crippen LogP contribution in [-0.4, -0.2) is 19.5 Å². The van der Waals surface area contributed by atoms with E-state index in [0.717, 1.165) is 71.7 Å². The summed E-state index contributed by atoms with van der Waals surface area (Å²) in [6.07, 6.45) is 0. The molecule has 0 unspecified atom stereocenters. The number of hydrogen-bond donors (Lipinski definition) is 0. The van der Waals surface area contributed by atoms with Crippen LogP contribution in [0.2, 0.25) is 0 Å². The number of hydrogen-bond acceptors (Lipinski definition) is 5. The molecule has 0 radical (unpaired) electrons. The zero-order valence-corrected chi connectivity index (χ0v) is 29.3. The minimum atomic E-state index is 0.508. The van der Waals surface area contributed by atoms with Crippen LogP contribution in [0.1, 0.15) is 0 Å². The van der Waals surface area contributed by atoms with Crippen LogP contribution in [0.25, 0.3) is 116 Å². The van der Waals surface area contributed by atoms with Gasteiger partial charge >= 0.3 is 0 Å². The monoisotopic (exact) mass is 704 g/mol. The van der Waals surface area contributed by atoms with Gasteiger partial charge in [0.1, 0.15) is 22.3 Å². The first kappa shape index (κ1) is 29.9. The zero-order chi connectivity index (χ0) is 36.0. The third-order valence-electron chi connectivity index (χ3n) is 10.8. The summed E-state index contributed by atoms with van der Waals surface area (Å²) in [5.41, 5.74) is 8.74. The van der Waals surface area contributed by atoms with E-state index in [4.69, 9.17) is 23.8 Å². The topological polar surface area (TPSA) is 69.9 Å². The van der Waals surface area contributed by atoms with Gasteiger partial charge < -0.3 is 13.4 Å². The summed E-state index contributed by atoms with van der Waals surface area (Å²) in [5, 5.41) is 8.85. The van der Waals surface area contributed by atoms with E-state index in [-0.39, 0.29) is 0 Å². The molecule has 0 atom stereocenters. The highest BCUT2D eigenvalue weighted by Crippen LogP contribution is 2.42. The molecule has 256 valence electrons. The van der Waals surface area contributed by atoms with Gasteiger partial charge in [0.15, 0.2) is 17.5 Å². The molecule has 0 bridgehead atoms. The van der Waals surface area contributed by atoms with Crippen LogP contribution in [0.3, 0.4) is 0 Å². The summed E-state index contributed by atoms with van der Waals surface area (Å²) in [6, 6.07) is 58.7. The van der Waals surface area contributed by atoms with Gasteiger partial charge in [-0.1, -0.05) is 121 Å². The molecular weight excluding hydrogens is 677 g/mol. The highest BCUT2D eigenvalue weighted by Gasteiger charge is 2.23. The van der Waals surface area contributed by atoms with Crippen molar-refractivity contribution in [3.63, 3.8) is 0 Å². The number of rotatable bonds is 4. The van der Waals surface area contributed by atoms with Crippen LogP contribution in [0.15, 0.2) is 179 Å². The molecule has 12 aromatic rings. The van der Waals surface area contributed by atoms with Gasteiger partial charge in [-0.15, -0.1) is 0 Å². The van der Waals surface area contributed by atoms with Crippen LogP contribution < -0.4 is 0 Å². The highest BCUT2D eigenvalue weighted by atomic mass is 16.3. The number of para-hydroxylation sites is 4. The van der Waals surface area contributed by atoms with Crippen molar-refractivity contribution < 1.29 is 8.83 Å². The molecule has 0 aliphatic carbocycles. The van der Waals surface area contributed by atoms with E-state index in [9.17, 15) is 0 Å². The van der Waals surface area contributed by atoms with E-state index < -0.39 is 0 Å². The molecule has 0 spiro atoms. The average molecular weight is 705 g/mol. The molecule has 12 rings (SSSR count). The minimum Gasteiger partial charge on any atom is -0.455 e. The average Bonchev–Trinajstić information content (AvgIpc) is 3.92. The predicted octanol–water partition coefficient (Wildman–Crippen LogP) is 12.9. The van der Waals surface area contributed by atoms with E-state index in [0.29, 0.717) is 23.1 Å². The summed E-state index contributed by atoms with van der Waals surface area (Å²) >= 11 is 0. The lowest BCUT2D eigenvalue weighted by molar-refractivity contribution is 0.669. The Morgan fingerprint density at radius 2 is 0.945 bits per heavy atom. The molecule has 6 nitrogen and oxygen atoms in total. The molecule has 55 heavy (non-hydrogen) atoms. The molecule has 8 aromatic carbocycles. The molecule has 0 saturated carbocycles. The molecule has 0 amide bonds. The van der Waals surface area contributed by atoms with E-state index in [1.807, 2.05) is 72.8 Å². The van der Waals surface area contributed by atoms with Crippen molar-refractivity contribution in [1.82, 2.24) is 19.5 Å². The van der Waals surface area contributed by atoms with Gasteiger partial charge in [0.2, 0.25) is 0 Å². The Kier molecular flexibility index (Phi) is 6.24. The van der Waals surface area contributed by atoms with E-state index in [1.54, 1.807) is 0 Å². The molecule has 0 aliphatic heterocycles. The predicted molar refractivity (Wildman–Crippen MR) is 223 cm³/mol. The number of nitrogens with zero attached hydrogens (tertiary/aromatic N) is 4. The van der Waals surface area contributed by atoms with Crippen molar-refractivity contribution in [2.24, 2.45) is 0 Å². The van der Waals surface area contributed by atoms with Crippen LogP contribution in [-0.2, 0) is 0 Å². The fraction of sp³-hybridized carbons (Fsp3) is 0. The second-order valence-corrected chi connectivity index (χ2v) is 14.0. The molecule has 6 heteroatoms. The zero-order valence-electron chi connectivity index (χ0n) is 29.3. The van der Waals surface area contributed by atoms with E-state index in [1.165, 1.54) is 21.5 Å². The summed E-state index contributed by atoms with van der Waals surface area (Å²) in [4.78, 5) is 15.6. The Labute approximate surface area is 313 Å². The highest BCUT2D eigenvalue weighted by molar-refractivity contribution is 6.15. The van der Waals surface area contributed by atoms with Gasteiger partial charge in [-0.05, 0) is 59.3 Å². The Bertz CT molecular complexity index is 3500. The number of furan rings is 2. The van der Waals surface area contributed by atoms with Crippen molar-refractivity contribution in [1.29, 1.82) is 0 Å². The van der Waals surface area contributed by atoms with Crippen molar-refractivity contribution in [3.05, 3.63) is 170 Å². The summed E-state index contributed by atoms with van der Waals surface area (Å²) < 4.78 is 15.6. The summed E-state index contributed by atoms with van der Waals surface area (Å²) in [7, 11) is 0. The largest absolute Gasteiger partial charge is 0.455 e. The van der Waals surface area contributed by atoms with Crippen LogP contribution >= 0.6 is 0 Å². The van der Waals surface area contributed by atoms with Crippen molar-refractivity contribution in [2.45, 2.75) is 0 Å². The lowest BCUT2D eigenvalue weighted by Crippen LogP contribution is -2.02. The molecule has 0 aliphatic rings. The van der Waals surface area contributed by atoms with Gasteiger partial charge in [-0.2, -0.15) is 0 Å². The number of aromatic nitrogens is 4. The Balaban J connectivity index is 1.19. The van der Waals surface area contributed by atoms with Crippen molar-refractivity contribution in [2.75, 3.05) is 0 Å². The number of fused-ring (bicyclic) bond motifs is 10. The molecule has 0 N–H and O–H groups in total. The van der Waals surface area contributed by atoms with Crippen LogP contribution in [0.5, 0.6) is 0 Å². The first-order valence-electron chi connectivity index (χ1n) is 18.4. The van der Waals surface area contributed by atoms with Crippen molar-refractivity contribution >= 4 is 76.5 Å². The molecule has 4 heterocycles. The Hall–Kier alpha value is -7.57. The standard InChI is InChI=1S/C49H28N4O2/c1-2-13-29(14-3-1)47-50-48(37-21-12-20-36-34-18-7-10-23-43(34)54-45(36)37)52-49(51-47)40-28-32(27-39-35-19-8-11-24-44(35)55-46(39)40)53-41-22-9-6-17-33(41)38-25-30-15-4-5-16-31(30)26-42(38)53/h1-28H. The van der Waals surface area contributed by atoms with E-state index in [2.05, 4.69) is 102 Å². The normalized spacial score (nSPS) is 12.0. The van der Waals surface area contributed by atoms with Gasteiger partial charge in [0, 0.05) is 43.6 Å². The SMILES string of the molecule is c1ccc(-c2nc(-c3cccc4c3oc3ccccc34)nc(-c3cc(-n4c5ccccc5c5cc6ccccc6cc54)cc4c3oc3ccccc34)n2)cc1. The maximum Gasteiger partial charge on any atom is 0.167 e. The van der Waals surface area contributed by atoms with Gasteiger partial charge in [-0.3, -0.25) is 0 Å². The maximum absolute atomic E-state index is 6.72. The molecule has 4 aromatic heterocycles. The van der Waals surface area contributed by atoms with Crippen molar-refractivity contribution in [3.8, 4) is 39.9 Å². The Morgan fingerprint density at radius 1 is 0.364 bits per heavy atom. The fourth-order valence-corrected chi connectivity index (χ4v) is 8.30. The summed E-state index contributed by atoms with van der Waals surface area (Å²) in [5.74, 6) is 1.59. The van der Waals surface area contributed by atoms with Gasteiger partial charge in [-0.25, -0.2) is 15.0 Å². The third-order valence-corrected chi connectivity index (χ3v) is 10.8. The summed E-state index contributed by atoms with van der Waals surface area (Å²) in [6.45, 7) is 0. The minimum absolute atomic E-state index is 0.508. The molecular formula is C49H28N4O2. The number of benzene rings is 8. The quantitative estimate of drug-likeness (QED) is 0.182. The van der Waals surface area contributed by atoms with Gasteiger partial charge in [0.05, 0.1) is 22.2 Å². The first-order chi connectivity index (χ1) is 27.2. The second-order valence-electron chi connectivity index (χ2n) is 14.0. The Morgan fingerprint density at radius 3 is 1.73 bits per heavy atom. The fourth-order valence-electron chi connectivity index (χ4n) is 8.30. The van der Waals surface area contributed by atoms with Crippen LogP contribution in [0, 0.1) is 0 Å². The smallest absolute Gasteiger partial charge is 0.167 e. The third kappa shape index (κ3) is 4.52. The molecule has 0 fully saturated rings. The van der Waals surface area contributed by atoms with E-state index >= 15 is 0 Å². The first-order valence-corrected chi connectivity index (χ1v) is 18.4. The van der Waals surface area contributed by atoms with Crippen LogP contribution in [0.4, 0.5) is 0 Å². The maximum atomic E-state index is 6.72. The van der Waals surface area contributed by atoms with Gasteiger partial charge in [0.25, 0.3) is 0 Å².